The number of halogens is 1. The summed E-state index contributed by atoms with van der Waals surface area (Å²) in [6.45, 7) is 6.07. The monoisotopic (exact) mass is 398 g/mol. The van der Waals surface area contributed by atoms with Gasteiger partial charge in [-0.25, -0.2) is 9.18 Å². The number of fused-ring (bicyclic) bond motifs is 1. The zero-order valence-corrected chi connectivity index (χ0v) is 17.0. The fraction of sp³-hybridized carbons (Fsp3) is 0.318. The summed E-state index contributed by atoms with van der Waals surface area (Å²) in [7, 11) is 0. The quantitative estimate of drug-likeness (QED) is 0.535. The molecular weight excluding hydrogens is 371 g/mol. The Kier molecular flexibility index (Phi) is 6.26. The molecule has 0 aliphatic heterocycles. The average molecular weight is 398 g/mol. The Morgan fingerprint density at radius 3 is 2.55 bits per heavy atom. The van der Waals surface area contributed by atoms with Crippen molar-refractivity contribution in [3.8, 4) is 17.0 Å². The molecule has 29 heavy (non-hydrogen) atoms. The van der Waals surface area contributed by atoms with Gasteiger partial charge in [-0.3, -0.25) is 0 Å². The third kappa shape index (κ3) is 4.45. The maximum atomic E-state index is 12.4. The van der Waals surface area contributed by atoms with Crippen LogP contribution in [0.25, 0.3) is 22.2 Å². The first-order valence-electron chi connectivity index (χ1n) is 9.73. The van der Waals surface area contributed by atoms with E-state index in [4.69, 9.17) is 10.5 Å². The van der Waals surface area contributed by atoms with Gasteiger partial charge in [0, 0.05) is 35.3 Å². The number of hydrogen-bond acceptors (Lipinski definition) is 3. The number of rotatable bonds is 7. The lowest BCUT2D eigenvalue weighted by Crippen LogP contribution is -2.34. The molecule has 0 bridgehead atoms. The average Bonchev–Trinajstić information content (AvgIpc) is 2.97. The molecule has 0 radical (unpaired) electrons. The van der Waals surface area contributed by atoms with Crippen LogP contribution in [0.2, 0.25) is 0 Å². The Hall–Kier alpha value is -3.22. The van der Waals surface area contributed by atoms with Gasteiger partial charge in [0.15, 0.2) is 0 Å². The van der Waals surface area contributed by atoms with Crippen molar-refractivity contribution in [1.82, 2.24) is 9.88 Å². The first-order chi connectivity index (χ1) is 13.9. The molecular formula is C22H27FN4O2. The van der Waals surface area contributed by atoms with Crippen molar-refractivity contribution >= 4 is 28.3 Å². The van der Waals surface area contributed by atoms with Crippen molar-refractivity contribution in [1.29, 1.82) is 0 Å². The predicted octanol–water partition coefficient (Wildman–Crippen LogP) is 4.79. The molecule has 4 N–H and O–H groups in total. The number of nitrogen functional groups attached to an aromatic ring is 1. The summed E-state index contributed by atoms with van der Waals surface area (Å²) in [6.07, 6.45) is 0. The molecule has 2 aromatic carbocycles. The van der Waals surface area contributed by atoms with Crippen LogP contribution >= 0.6 is 0 Å². The normalized spacial score (nSPS) is 11.1. The molecule has 7 heteroatoms. The summed E-state index contributed by atoms with van der Waals surface area (Å²) < 4.78 is 20.0. The second kappa shape index (κ2) is 8.86. The minimum atomic E-state index is -0.532. The Bertz CT molecular complexity index is 996. The molecule has 0 fully saturated rings. The number of hydrogen-bond donors (Lipinski definition) is 3. The van der Waals surface area contributed by atoms with Crippen LogP contribution < -0.4 is 21.1 Å². The van der Waals surface area contributed by atoms with Gasteiger partial charge in [0.2, 0.25) is 0 Å². The molecule has 1 heterocycles. The number of urea groups is 1. The van der Waals surface area contributed by atoms with E-state index >= 15 is 0 Å². The Balaban J connectivity index is 1.94. The summed E-state index contributed by atoms with van der Waals surface area (Å²) in [5.41, 5.74) is 10.6. The molecule has 0 saturated carbocycles. The van der Waals surface area contributed by atoms with Crippen molar-refractivity contribution in [2.24, 2.45) is 0 Å². The van der Waals surface area contributed by atoms with Crippen molar-refractivity contribution < 1.29 is 13.9 Å². The van der Waals surface area contributed by atoms with E-state index in [1.165, 1.54) is 0 Å². The fourth-order valence-corrected chi connectivity index (χ4v) is 3.38. The van der Waals surface area contributed by atoms with Gasteiger partial charge in [-0.2, -0.15) is 0 Å². The van der Waals surface area contributed by atoms with Crippen molar-refractivity contribution in [3.05, 3.63) is 42.5 Å². The van der Waals surface area contributed by atoms with Crippen LogP contribution in [-0.2, 0) is 6.54 Å². The molecule has 0 spiro atoms. The number of benzene rings is 2. The van der Waals surface area contributed by atoms with Crippen LogP contribution in [0.15, 0.2) is 42.5 Å². The van der Waals surface area contributed by atoms with Crippen LogP contribution in [0.3, 0.4) is 0 Å². The Morgan fingerprint density at radius 2 is 1.93 bits per heavy atom. The third-order valence-corrected chi connectivity index (χ3v) is 4.57. The zero-order chi connectivity index (χ0) is 21.0. The van der Waals surface area contributed by atoms with E-state index in [0.29, 0.717) is 23.7 Å². The molecule has 0 unspecified atom stereocenters. The van der Waals surface area contributed by atoms with E-state index in [2.05, 4.69) is 15.2 Å². The summed E-state index contributed by atoms with van der Waals surface area (Å²) in [5.74, 6) is 0.615. The number of nitrogens with one attached hydrogen (secondary N) is 2. The first kappa shape index (κ1) is 20.5. The summed E-state index contributed by atoms with van der Waals surface area (Å²) >= 11 is 0. The van der Waals surface area contributed by atoms with Gasteiger partial charge >= 0.3 is 6.03 Å². The molecule has 2 amide bonds. The predicted molar refractivity (Wildman–Crippen MR) is 116 cm³/mol. The molecule has 154 valence electrons. The van der Waals surface area contributed by atoms with E-state index in [-0.39, 0.29) is 18.7 Å². The highest BCUT2D eigenvalue weighted by Crippen LogP contribution is 2.38. The van der Waals surface area contributed by atoms with Gasteiger partial charge in [-0.1, -0.05) is 12.1 Å². The lowest BCUT2D eigenvalue weighted by atomic mass is 10.1. The van der Waals surface area contributed by atoms with Crippen LogP contribution in [0, 0.1) is 0 Å². The van der Waals surface area contributed by atoms with E-state index in [1.54, 1.807) is 6.07 Å². The molecule has 0 aliphatic rings. The van der Waals surface area contributed by atoms with Crippen molar-refractivity contribution in [2.75, 3.05) is 24.3 Å². The number of ether oxygens (including phenoxy) is 1. The number of nitrogens with two attached hydrogens (primary N) is 1. The zero-order valence-electron chi connectivity index (χ0n) is 17.0. The topological polar surface area (TPSA) is 81.3 Å². The van der Waals surface area contributed by atoms with E-state index in [0.717, 1.165) is 22.2 Å². The lowest BCUT2D eigenvalue weighted by Gasteiger charge is -2.12. The molecule has 0 atom stereocenters. The molecule has 3 rings (SSSR count). The highest BCUT2D eigenvalue weighted by atomic mass is 19.1. The van der Waals surface area contributed by atoms with Crippen molar-refractivity contribution in [2.45, 2.75) is 33.4 Å². The smallest absolute Gasteiger partial charge is 0.319 e. The molecule has 6 nitrogen and oxygen atoms in total. The van der Waals surface area contributed by atoms with Crippen molar-refractivity contribution in [3.63, 3.8) is 0 Å². The number of nitrogens with zero attached hydrogens (tertiary/aromatic N) is 1. The molecule has 3 aromatic rings. The lowest BCUT2D eigenvalue weighted by molar-refractivity contribution is 0.250. The summed E-state index contributed by atoms with van der Waals surface area (Å²) in [5, 5.41) is 6.53. The van der Waals surface area contributed by atoms with Gasteiger partial charge in [0.25, 0.3) is 0 Å². The van der Waals surface area contributed by atoms with Crippen LogP contribution in [0.1, 0.15) is 20.8 Å². The van der Waals surface area contributed by atoms with Crippen LogP contribution in [-0.4, -0.2) is 29.9 Å². The van der Waals surface area contributed by atoms with Crippen LogP contribution in [0.4, 0.5) is 20.6 Å². The summed E-state index contributed by atoms with van der Waals surface area (Å²) in [6, 6.07) is 13.0. The van der Waals surface area contributed by atoms with E-state index in [1.807, 2.05) is 57.2 Å². The van der Waals surface area contributed by atoms with E-state index in [9.17, 15) is 9.18 Å². The maximum absolute atomic E-state index is 12.4. The first-order valence-corrected chi connectivity index (χ1v) is 9.73. The number of aryl methyl sites for hydroxylation is 1. The number of anilines is 2. The SMILES string of the molecule is CCn1c(-c2ccc(NC(=O)NC(C)C)cc2)c(N)c2ccc(OCCF)cc21. The maximum Gasteiger partial charge on any atom is 0.319 e. The highest BCUT2D eigenvalue weighted by Gasteiger charge is 2.16. The molecule has 0 saturated heterocycles. The second-order valence-corrected chi connectivity index (χ2v) is 7.05. The van der Waals surface area contributed by atoms with E-state index < -0.39 is 6.67 Å². The number of carbonyl (C=O) groups excluding carboxylic acids is 1. The Labute approximate surface area is 169 Å². The number of alkyl halides is 1. The highest BCUT2D eigenvalue weighted by molar-refractivity contribution is 6.01. The summed E-state index contributed by atoms with van der Waals surface area (Å²) in [4.78, 5) is 11.9. The molecule has 0 aliphatic carbocycles. The van der Waals surface area contributed by atoms with Gasteiger partial charge < -0.3 is 25.7 Å². The minimum absolute atomic E-state index is 0.0273. The third-order valence-electron chi connectivity index (χ3n) is 4.57. The van der Waals surface area contributed by atoms with Gasteiger partial charge in [-0.05, 0) is 45.0 Å². The van der Waals surface area contributed by atoms with Crippen LogP contribution in [0.5, 0.6) is 5.75 Å². The van der Waals surface area contributed by atoms with Gasteiger partial charge in [0.1, 0.15) is 19.0 Å². The van der Waals surface area contributed by atoms with Gasteiger partial charge in [-0.15, -0.1) is 0 Å². The standard InChI is InChI=1S/C22H27FN4O2/c1-4-27-19-13-17(29-12-11-23)9-10-18(19)20(24)21(27)15-5-7-16(8-6-15)26-22(28)25-14(2)3/h5-10,13-14H,4,11-12,24H2,1-3H3,(H2,25,26,28). The second-order valence-electron chi connectivity index (χ2n) is 7.05. The van der Waals surface area contributed by atoms with Gasteiger partial charge in [0.05, 0.1) is 16.9 Å². The molecule has 1 aromatic heterocycles. The number of carbonyl (C=O) groups is 1. The number of amides is 2. The largest absolute Gasteiger partial charge is 0.491 e. The minimum Gasteiger partial charge on any atom is -0.491 e. The fourth-order valence-electron chi connectivity index (χ4n) is 3.38. The number of aromatic nitrogens is 1. The Morgan fingerprint density at radius 1 is 1.21 bits per heavy atom.